The smallest absolute Gasteiger partial charge is 0.261 e. The minimum Gasteiger partial charge on any atom is -0.484 e. The molecular weight excluding hydrogens is 460 g/mol. The average molecular weight is 499 g/mol. The van der Waals surface area contributed by atoms with Crippen molar-refractivity contribution < 1.29 is 14.3 Å². The fourth-order valence-corrected chi connectivity index (χ4v) is 4.91. The lowest BCUT2D eigenvalue weighted by Gasteiger charge is -2.33. The fraction of sp³-hybridized carbons (Fsp3) is 0.375. The molecular formula is C32H38N2O3. The van der Waals surface area contributed by atoms with E-state index in [1.165, 1.54) is 12.0 Å². The van der Waals surface area contributed by atoms with Crippen LogP contribution < -0.4 is 10.1 Å². The van der Waals surface area contributed by atoms with Crippen LogP contribution in [-0.2, 0) is 22.6 Å². The molecule has 0 bridgehead atoms. The van der Waals surface area contributed by atoms with Gasteiger partial charge in [-0.2, -0.15) is 0 Å². The number of nitrogens with zero attached hydrogens (tertiary/aromatic N) is 1. The molecule has 1 fully saturated rings. The Balaban J connectivity index is 1.59. The second-order valence-corrected chi connectivity index (χ2v) is 10.1. The number of hydrogen-bond donors (Lipinski definition) is 1. The zero-order valence-electron chi connectivity index (χ0n) is 22.0. The number of carbonyl (C=O) groups is 2. The third-order valence-corrected chi connectivity index (χ3v) is 7.26. The van der Waals surface area contributed by atoms with E-state index in [0.29, 0.717) is 18.7 Å². The Bertz CT molecular complexity index is 1160. The van der Waals surface area contributed by atoms with Gasteiger partial charge in [-0.15, -0.1) is 0 Å². The maximum Gasteiger partial charge on any atom is 0.261 e. The molecule has 1 aliphatic carbocycles. The van der Waals surface area contributed by atoms with Crippen molar-refractivity contribution in [2.75, 3.05) is 6.61 Å². The van der Waals surface area contributed by atoms with Crippen LogP contribution in [0, 0.1) is 13.8 Å². The average Bonchev–Trinajstić information content (AvgIpc) is 2.93. The van der Waals surface area contributed by atoms with Gasteiger partial charge >= 0.3 is 0 Å². The first-order chi connectivity index (χ1) is 18.0. The second-order valence-electron chi connectivity index (χ2n) is 10.1. The largest absolute Gasteiger partial charge is 0.484 e. The highest BCUT2D eigenvalue weighted by Gasteiger charge is 2.32. The van der Waals surface area contributed by atoms with Gasteiger partial charge in [0.2, 0.25) is 5.91 Å². The Kier molecular flexibility index (Phi) is 9.36. The lowest BCUT2D eigenvalue weighted by Crippen LogP contribution is -2.53. The predicted octanol–water partition coefficient (Wildman–Crippen LogP) is 5.77. The van der Waals surface area contributed by atoms with Crippen molar-refractivity contribution >= 4 is 11.8 Å². The van der Waals surface area contributed by atoms with Crippen molar-refractivity contribution in [1.29, 1.82) is 0 Å². The third kappa shape index (κ3) is 7.69. The summed E-state index contributed by atoms with van der Waals surface area (Å²) in [7, 11) is 0. The molecule has 3 aromatic rings. The number of rotatable bonds is 10. The lowest BCUT2D eigenvalue weighted by atomic mass is 9.94. The van der Waals surface area contributed by atoms with Crippen LogP contribution in [0.2, 0.25) is 0 Å². The Morgan fingerprint density at radius 2 is 1.51 bits per heavy atom. The molecule has 0 aliphatic heterocycles. The molecule has 0 saturated heterocycles. The highest BCUT2D eigenvalue weighted by molar-refractivity contribution is 5.88. The summed E-state index contributed by atoms with van der Waals surface area (Å²) in [6, 6.07) is 25.1. The minimum absolute atomic E-state index is 0.0915. The number of ether oxygens (including phenoxy) is 1. The summed E-state index contributed by atoms with van der Waals surface area (Å²) < 4.78 is 5.93. The van der Waals surface area contributed by atoms with Crippen LogP contribution >= 0.6 is 0 Å². The Morgan fingerprint density at radius 1 is 0.865 bits per heavy atom. The Hall–Kier alpha value is -3.60. The summed E-state index contributed by atoms with van der Waals surface area (Å²) in [5, 5.41) is 3.27. The third-order valence-electron chi connectivity index (χ3n) is 7.26. The van der Waals surface area contributed by atoms with E-state index < -0.39 is 6.04 Å². The molecule has 1 N–H and O–H groups in total. The van der Waals surface area contributed by atoms with E-state index in [1.807, 2.05) is 92.7 Å². The molecule has 1 atom stereocenters. The lowest BCUT2D eigenvalue weighted by molar-refractivity contribution is -0.143. The second kappa shape index (κ2) is 13.1. The van der Waals surface area contributed by atoms with Gasteiger partial charge in [-0.1, -0.05) is 86.0 Å². The zero-order valence-corrected chi connectivity index (χ0v) is 22.0. The highest BCUT2D eigenvalue weighted by Crippen LogP contribution is 2.21. The summed E-state index contributed by atoms with van der Waals surface area (Å²) in [4.78, 5) is 29.2. The van der Waals surface area contributed by atoms with Crippen molar-refractivity contribution in [3.05, 3.63) is 101 Å². The molecule has 1 saturated carbocycles. The summed E-state index contributed by atoms with van der Waals surface area (Å²) in [6.07, 6.45) is 5.91. The van der Waals surface area contributed by atoms with Crippen LogP contribution in [0.5, 0.6) is 5.75 Å². The van der Waals surface area contributed by atoms with Crippen molar-refractivity contribution in [3.63, 3.8) is 0 Å². The van der Waals surface area contributed by atoms with E-state index in [1.54, 1.807) is 4.90 Å². The number of aryl methyl sites for hydroxylation is 2. The van der Waals surface area contributed by atoms with E-state index >= 15 is 0 Å². The van der Waals surface area contributed by atoms with Crippen LogP contribution in [0.3, 0.4) is 0 Å². The maximum absolute atomic E-state index is 13.8. The van der Waals surface area contributed by atoms with Gasteiger partial charge in [0.1, 0.15) is 11.8 Å². The first-order valence-corrected chi connectivity index (χ1v) is 13.4. The van der Waals surface area contributed by atoms with Gasteiger partial charge in [0, 0.05) is 19.0 Å². The molecule has 1 unspecified atom stereocenters. The Morgan fingerprint density at radius 3 is 2.16 bits per heavy atom. The molecule has 3 aromatic carbocycles. The van der Waals surface area contributed by atoms with Crippen molar-refractivity contribution in [2.45, 2.75) is 71.0 Å². The van der Waals surface area contributed by atoms with E-state index in [4.69, 9.17) is 4.74 Å². The van der Waals surface area contributed by atoms with Crippen LogP contribution in [0.4, 0.5) is 0 Å². The quantitative estimate of drug-likeness (QED) is 0.386. The van der Waals surface area contributed by atoms with E-state index in [9.17, 15) is 9.59 Å². The first kappa shape index (κ1) is 26.5. The number of nitrogens with one attached hydrogen (secondary N) is 1. The standard InChI is InChI=1S/C32H38N2O3/c1-24-18-19-29(20-25(24)2)37-23-31(35)34(22-27-14-8-4-9-15-27)30(21-26-12-6-3-7-13-26)32(36)33-28-16-10-5-11-17-28/h3-4,6-9,12-15,18-20,28,30H,5,10-11,16-17,21-23H2,1-2H3,(H,33,36). The monoisotopic (exact) mass is 498 g/mol. The summed E-state index contributed by atoms with van der Waals surface area (Å²) in [5.74, 6) is 0.357. The van der Waals surface area contributed by atoms with Crippen LogP contribution in [0.1, 0.15) is 54.4 Å². The van der Waals surface area contributed by atoms with Crippen LogP contribution in [-0.4, -0.2) is 35.4 Å². The molecule has 5 heteroatoms. The summed E-state index contributed by atoms with van der Waals surface area (Å²) >= 11 is 0. The van der Waals surface area contributed by atoms with Gasteiger partial charge in [0.05, 0.1) is 0 Å². The van der Waals surface area contributed by atoms with Crippen LogP contribution in [0.25, 0.3) is 0 Å². The number of hydrogen-bond acceptors (Lipinski definition) is 3. The minimum atomic E-state index is -0.639. The number of carbonyl (C=O) groups excluding carboxylic acids is 2. The maximum atomic E-state index is 13.8. The molecule has 194 valence electrons. The van der Waals surface area contributed by atoms with Gasteiger partial charge in [-0.3, -0.25) is 9.59 Å². The van der Waals surface area contributed by atoms with Gasteiger partial charge < -0.3 is 15.0 Å². The summed E-state index contributed by atoms with van der Waals surface area (Å²) in [6.45, 7) is 4.28. The van der Waals surface area contributed by atoms with Gasteiger partial charge in [0.15, 0.2) is 6.61 Å². The topological polar surface area (TPSA) is 58.6 Å². The molecule has 0 aromatic heterocycles. The van der Waals surface area contributed by atoms with Crippen molar-refractivity contribution in [2.24, 2.45) is 0 Å². The van der Waals surface area contributed by atoms with E-state index in [2.05, 4.69) is 5.32 Å². The van der Waals surface area contributed by atoms with Crippen molar-refractivity contribution in [3.8, 4) is 5.75 Å². The van der Waals surface area contributed by atoms with E-state index in [-0.39, 0.29) is 24.5 Å². The molecule has 5 nitrogen and oxygen atoms in total. The van der Waals surface area contributed by atoms with Gasteiger partial charge in [-0.05, 0) is 61.1 Å². The summed E-state index contributed by atoms with van der Waals surface area (Å²) in [5.41, 5.74) is 4.28. The van der Waals surface area contributed by atoms with Crippen molar-refractivity contribution in [1.82, 2.24) is 10.2 Å². The zero-order chi connectivity index (χ0) is 26.0. The normalized spacial score (nSPS) is 14.5. The molecule has 0 heterocycles. The number of amides is 2. The van der Waals surface area contributed by atoms with Gasteiger partial charge in [-0.25, -0.2) is 0 Å². The van der Waals surface area contributed by atoms with Crippen LogP contribution in [0.15, 0.2) is 78.9 Å². The predicted molar refractivity (Wildman–Crippen MR) is 147 cm³/mol. The SMILES string of the molecule is Cc1ccc(OCC(=O)N(Cc2ccccc2)C(Cc2ccccc2)C(=O)NC2CCCCC2)cc1C. The molecule has 0 spiro atoms. The highest BCUT2D eigenvalue weighted by atomic mass is 16.5. The molecule has 37 heavy (non-hydrogen) atoms. The molecule has 1 aliphatic rings. The fourth-order valence-electron chi connectivity index (χ4n) is 4.91. The first-order valence-electron chi connectivity index (χ1n) is 13.4. The molecule has 2 amide bonds. The molecule has 0 radical (unpaired) electrons. The van der Waals surface area contributed by atoms with E-state index in [0.717, 1.165) is 42.4 Å². The number of benzene rings is 3. The Labute approximate surface area is 220 Å². The van der Waals surface area contributed by atoms with Gasteiger partial charge in [0.25, 0.3) is 5.91 Å². The molecule has 4 rings (SSSR count).